The van der Waals surface area contributed by atoms with E-state index in [-0.39, 0.29) is 5.54 Å². The summed E-state index contributed by atoms with van der Waals surface area (Å²) in [5, 5.41) is 8.21. The van der Waals surface area contributed by atoms with Gasteiger partial charge in [0.1, 0.15) is 5.84 Å². The van der Waals surface area contributed by atoms with Crippen LogP contribution in [0.3, 0.4) is 0 Å². The highest BCUT2D eigenvalue weighted by Crippen LogP contribution is 2.41. The fourth-order valence-electron chi connectivity index (χ4n) is 2.70. The molecule has 78 valence electrons. The molecule has 1 saturated carbocycles. The molecule has 0 atom stereocenters. The molecule has 0 bridgehead atoms. The molecule has 0 radical (unpaired) electrons. The smallest absolute Gasteiger partial charge is 0.129 e. The Morgan fingerprint density at radius 2 is 2.00 bits per heavy atom. The van der Waals surface area contributed by atoms with Crippen LogP contribution in [-0.2, 0) is 6.54 Å². The van der Waals surface area contributed by atoms with Gasteiger partial charge in [0.15, 0.2) is 0 Å². The quantitative estimate of drug-likeness (QED) is 0.741. The maximum Gasteiger partial charge on any atom is 0.129 e. The van der Waals surface area contributed by atoms with Crippen LogP contribution in [0.15, 0.2) is 24.3 Å². The summed E-state index contributed by atoms with van der Waals surface area (Å²) in [6, 6.07) is 8.31. The van der Waals surface area contributed by atoms with Crippen LogP contribution in [0.1, 0.15) is 37.3 Å². The van der Waals surface area contributed by atoms with E-state index in [0.717, 1.165) is 17.9 Å². The second kappa shape index (κ2) is 2.84. The Balaban J connectivity index is 1.96. The van der Waals surface area contributed by atoms with Crippen LogP contribution in [0.5, 0.6) is 0 Å². The maximum absolute atomic E-state index is 8.21. The molecule has 0 spiro atoms. The molecule has 15 heavy (non-hydrogen) atoms. The highest BCUT2D eigenvalue weighted by Gasteiger charge is 2.42. The van der Waals surface area contributed by atoms with E-state index in [4.69, 9.17) is 5.41 Å². The van der Waals surface area contributed by atoms with Crippen molar-refractivity contribution in [3.63, 3.8) is 0 Å². The lowest BCUT2D eigenvalue weighted by atomic mass is 9.77. The number of nitrogens with zero attached hydrogens (tertiary/aromatic N) is 1. The summed E-state index contributed by atoms with van der Waals surface area (Å²) in [4.78, 5) is 2.28. The number of hydrogen-bond donors (Lipinski definition) is 1. The Labute approximate surface area is 90.4 Å². The van der Waals surface area contributed by atoms with Gasteiger partial charge in [0.2, 0.25) is 0 Å². The molecule has 1 aliphatic carbocycles. The minimum Gasteiger partial charge on any atom is -0.347 e. The lowest BCUT2D eigenvalue weighted by Gasteiger charge is -2.47. The highest BCUT2D eigenvalue weighted by molar-refractivity contribution is 6.00. The van der Waals surface area contributed by atoms with Crippen molar-refractivity contribution >= 4 is 5.84 Å². The second-order valence-electron chi connectivity index (χ2n) is 4.94. The van der Waals surface area contributed by atoms with E-state index in [9.17, 15) is 0 Å². The Kier molecular flexibility index (Phi) is 1.70. The van der Waals surface area contributed by atoms with Gasteiger partial charge in [0, 0.05) is 17.6 Å². The van der Waals surface area contributed by atoms with Crippen LogP contribution in [-0.4, -0.2) is 16.3 Å². The number of fused-ring (bicyclic) bond motifs is 1. The molecule has 1 aromatic carbocycles. The number of benzene rings is 1. The predicted octanol–water partition coefficient (Wildman–Crippen LogP) is 2.77. The minimum atomic E-state index is 0.260. The molecule has 1 heterocycles. The van der Waals surface area contributed by atoms with Gasteiger partial charge in [-0.1, -0.05) is 24.3 Å². The largest absolute Gasteiger partial charge is 0.347 e. The number of rotatable bonds is 1. The normalized spacial score (nSPS) is 22.5. The number of amidine groups is 1. The summed E-state index contributed by atoms with van der Waals surface area (Å²) in [5.74, 6) is 0.729. The van der Waals surface area contributed by atoms with Crippen molar-refractivity contribution in [2.45, 2.75) is 38.3 Å². The monoisotopic (exact) mass is 200 g/mol. The standard InChI is InChI=1S/C13H16N2/c1-13(7-4-8-13)15-9-10-5-2-3-6-11(10)12(15)14/h2-3,5-6,14H,4,7-9H2,1H3. The van der Waals surface area contributed by atoms with Gasteiger partial charge in [-0.3, -0.25) is 5.41 Å². The molecule has 2 heteroatoms. The topological polar surface area (TPSA) is 27.1 Å². The van der Waals surface area contributed by atoms with Crippen LogP contribution < -0.4 is 0 Å². The summed E-state index contributed by atoms with van der Waals surface area (Å²) in [6.45, 7) is 3.22. The summed E-state index contributed by atoms with van der Waals surface area (Å²) in [6.07, 6.45) is 3.80. The van der Waals surface area contributed by atoms with Crippen molar-refractivity contribution in [2.75, 3.05) is 0 Å². The SMILES string of the molecule is CC1(N2Cc3ccccc3C2=N)CCC1. The molecule has 0 saturated heterocycles. The molecule has 1 fully saturated rings. The molecular weight excluding hydrogens is 184 g/mol. The second-order valence-corrected chi connectivity index (χ2v) is 4.94. The first-order valence-corrected chi connectivity index (χ1v) is 5.65. The molecule has 0 aromatic heterocycles. The van der Waals surface area contributed by atoms with Crippen molar-refractivity contribution in [1.29, 1.82) is 5.41 Å². The maximum atomic E-state index is 8.21. The van der Waals surface area contributed by atoms with Crippen molar-refractivity contribution in [1.82, 2.24) is 4.90 Å². The number of hydrogen-bond acceptors (Lipinski definition) is 1. The van der Waals surface area contributed by atoms with Crippen LogP contribution in [0, 0.1) is 5.41 Å². The zero-order valence-corrected chi connectivity index (χ0v) is 9.09. The van der Waals surface area contributed by atoms with Gasteiger partial charge in [-0.2, -0.15) is 0 Å². The Hall–Kier alpha value is -1.31. The van der Waals surface area contributed by atoms with Crippen LogP contribution >= 0.6 is 0 Å². The fraction of sp³-hybridized carbons (Fsp3) is 0.462. The molecule has 2 aliphatic rings. The van der Waals surface area contributed by atoms with Gasteiger partial charge in [0.25, 0.3) is 0 Å². The molecule has 2 nitrogen and oxygen atoms in total. The molecule has 0 amide bonds. The lowest BCUT2D eigenvalue weighted by Crippen LogP contribution is -2.51. The Morgan fingerprint density at radius 3 is 2.60 bits per heavy atom. The van der Waals surface area contributed by atoms with Crippen molar-refractivity contribution in [3.8, 4) is 0 Å². The van der Waals surface area contributed by atoms with E-state index in [0.29, 0.717) is 0 Å². The fourth-order valence-corrected chi connectivity index (χ4v) is 2.70. The van der Waals surface area contributed by atoms with E-state index >= 15 is 0 Å². The van der Waals surface area contributed by atoms with Crippen LogP contribution in [0.2, 0.25) is 0 Å². The molecule has 1 aliphatic heterocycles. The van der Waals surface area contributed by atoms with Gasteiger partial charge >= 0.3 is 0 Å². The zero-order chi connectivity index (χ0) is 10.5. The summed E-state index contributed by atoms with van der Waals surface area (Å²) < 4.78 is 0. The first-order valence-electron chi connectivity index (χ1n) is 5.65. The first-order chi connectivity index (χ1) is 7.21. The van der Waals surface area contributed by atoms with Gasteiger partial charge in [0.05, 0.1) is 0 Å². The molecular formula is C13H16N2. The Morgan fingerprint density at radius 1 is 1.27 bits per heavy atom. The summed E-state index contributed by atoms with van der Waals surface area (Å²) in [5.41, 5.74) is 2.71. The third-order valence-electron chi connectivity index (χ3n) is 3.95. The van der Waals surface area contributed by atoms with Crippen molar-refractivity contribution < 1.29 is 0 Å². The highest BCUT2D eigenvalue weighted by atomic mass is 15.3. The summed E-state index contributed by atoms with van der Waals surface area (Å²) >= 11 is 0. The van der Waals surface area contributed by atoms with Gasteiger partial charge in [-0.25, -0.2) is 0 Å². The summed E-state index contributed by atoms with van der Waals surface area (Å²) in [7, 11) is 0. The van der Waals surface area contributed by atoms with E-state index in [2.05, 4.69) is 30.0 Å². The van der Waals surface area contributed by atoms with Crippen LogP contribution in [0.4, 0.5) is 0 Å². The van der Waals surface area contributed by atoms with Gasteiger partial charge in [-0.15, -0.1) is 0 Å². The van der Waals surface area contributed by atoms with E-state index < -0.39 is 0 Å². The average molecular weight is 200 g/mol. The van der Waals surface area contributed by atoms with Gasteiger partial charge in [-0.05, 0) is 31.7 Å². The molecule has 0 unspecified atom stereocenters. The minimum absolute atomic E-state index is 0.260. The zero-order valence-electron chi connectivity index (χ0n) is 9.09. The predicted molar refractivity (Wildman–Crippen MR) is 61.1 cm³/mol. The molecule has 1 N–H and O–H groups in total. The van der Waals surface area contributed by atoms with Crippen LogP contribution in [0.25, 0.3) is 0 Å². The average Bonchev–Trinajstić information content (AvgIpc) is 2.54. The lowest BCUT2D eigenvalue weighted by molar-refractivity contribution is 0.0948. The van der Waals surface area contributed by atoms with Crippen molar-refractivity contribution in [2.24, 2.45) is 0 Å². The van der Waals surface area contributed by atoms with E-state index in [1.807, 2.05) is 6.07 Å². The first kappa shape index (κ1) is 8.96. The van der Waals surface area contributed by atoms with Gasteiger partial charge < -0.3 is 4.90 Å². The number of nitrogens with one attached hydrogen (secondary N) is 1. The van der Waals surface area contributed by atoms with E-state index in [1.165, 1.54) is 24.8 Å². The van der Waals surface area contributed by atoms with Crippen molar-refractivity contribution in [3.05, 3.63) is 35.4 Å². The Bertz CT molecular complexity index is 418. The third kappa shape index (κ3) is 1.14. The third-order valence-corrected chi connectivity index (χ3v) is 3.95. The molecule has 1 aromatic rings. The molecule has 3 rings (SSSR count). The van der Waals surface area contributed by atoms with E-state index in [1.54, 1.807) is 0 Å².